The van der Waals surface area contributed by atoms with Crippen LogP contribution in [0.15, 0.2) is 23.6 Å². The zero-order valence-electron chi connectivity index (χ0n) is 10.1. The normalized spacial score (nSPS) is 10.4. The summed E-state index contributed by atoms with van der Waals surface area (Å²) in [5, 5.41) is 13.7. The van der Waals surface area contributed by atoms with Crippen LogP contribution in [0.1, 0.15) is 16.3 Å². The first-order chi connectivity index (χ1) is 9.10. The van der Waals surface area contributed by atoms with E-state index in [-0.39, 0.29) is 23.9 Å². The molecule has 2 aromatic rings. The third-order valence-corrected chi connectivity index (χ3v) is 3.55. The van der Waals surface area contributed by atoms with Gasteiger partial charge in [0.1, 0.15) is 6.61 Å². The summed E-state index contributed by atoms with van der Waals surface area (Å²) in [6, 6.07) is 4.61. The second-order valence-corrected chi connectivity index (χ2v) is 5.17. The molecule has 19 heavy (non-hydrogen) atoms. The number of rotatable bonds is 5. The third kappa shape index (κ3) is 3.42. The van der Waals surface area contributed by atoms with E-state index in [1.165, 1.54) is 17.4 Å². The van der Waals surface area contributed by atoms with E-state index in [4.69, 9.17) is 16.3 Å². The van der Waals surface area contributed by atoms with Gasteiger partial charge in [-0.15, -0.1) is 22.9 Å². The maximum absolute atomic E-state index is 10.9. The maximum atomic E-state index is 10.9. The summed E-state index contributed by atoms with van der Waals surface area (Å²) in [5.41, 5.74) is 1.46. The number of halogens is 1. The summed E-state index contributed by atoms with van der Waals surface area (Å²) in [6.45, 7) is 2.10. The lowest BCUT2D eigenvalue weighted by Gasteiger charge is -2.06. The van der Waals surface area contributed by atoms with Crippen molar-refractivity contribution in [3.63, 3.8) is 0 Å². The Morgan fingerprint density at radius 2 is 2.32 bits per heavy atom. The number of alkyl halides is 1. The maximum Gasteiger partial charge on any atom is 0.310 e. The standard InChI is InChI=1S/C12H11ClN2O3S/c1-8-14-10(7-19-8)6-18-12-4-9(5-13)2-3-11(12)15(16)17/h2-4,7H,5-6H2,1H3. The zero-order valence-corrected chi connectivity index (χ0v) is 11.7. The first-order valence-electron chi connectivity index (χ1n) is 5.47. The Labute approximate surface area is 119 Å². The molecule has 0 saturated carbocycles. The fourth-order valence-corrected chi connectivity index (χ4v) is 2.30. The molecule has 0 aliphatic heterocycles. The first-order valence-corrected chi connectivity index (χ1v) is 6.88. The van der Waals surface area contributed by atoms with Crippen LogP contribution in [0.5, 0.6) is 5.75 Å². The van der Waals surface area contributed by atoms with Crippen molar-refractivity contribution in [2.75, 3.05) is 0 Å². The van der Waals surface area contributed by atoms with E-state index in [9.17, 15) is 10.1 Å². The number of nitro groups is 1. The van der Waals surface area contributed by atoms with Gasteiger partial charge < -0.3 is 4.74 Å². The Balaban J connectivity index is 2.19. The van der Waals surface area contributed by atoms with E-state index in [1.54, 1.807) is 12.1 Å². The minimum atomic E-state index is -0.473. The van der Waals surface area contributed by atoms with E-state index in [0.29, 0.717) is 0 Å². The number of nitro benzene ring substituents is 1. The Kier molecular flexibility index (Phi) is 4.34. The number of ether oxygens (including phenoxy) is 1. The average molecular weight is 299 g/mol. The summed E-state index contributed by atoms with van der Waals surface area (Å²) in [7, 11) is 0. The van der Waals surface area contributed by atoms with Crippen molar-refractivity contribution in [2.24, 2.45) is 0 Å². The molecule has 0 saturated heterocycles. The van der Waals surface area contributed by atoms with Crippen molar-refractivity contribution >= 4 is 28.6 Å². The molecule has 5 nitrogen and oxygen atoms in total. The largest absolute Gasteiger partial charge is 0.480 e. The Morgan fingerprint density at radius 1 is 1.53 bits per heavy atom. The second-order valence-electron chi connectivity index (χ2n) is 3.84. The SMILES string of the molecule is Cc1nc(COc2cc(CCl)ccc2[N+](=O)[O-])cs1. The number of aromatic nitrogens is 1. The van der Waals surface area contributed by atoms with E-state index >= 15 is 0 Å². The minimum Gasteiger partial charge on any atom is -0.480 e. The number of hydrogen-bond acceptors (Lipinski definition) is 5. The molecule has 0 amide bonds. The van der Waals surface area contributed by atoms with Crippen LogP contribution in [-0.4, -0.2) is 9.91 Å². The molecular weight excluding hydrogens is 288 g/mol. The van der Waals surface area contributed by atoms with Crippen molar-refractivity contribution in [1.82, 2.24) is 4.98 Å². The van der Waals surface area contributed by atoms with Gasteiger partial charge in [-0.1, -0.05) is 6.07 Å². The second kappa shape index (κ2) is 5.99. The topological polar surface area (TPSA) is 65.3 Å². The number of aryl methyl sites for hydroxylation is 1. The van der Waals surface area contributed by atoms with Crippen molar-refractivity contribution in [1.29, 1.82) is 0 Å². The van der Waals surface area contributed by atoms with Gasteiger partial charge in [0.25, 0.3) is 0 Å². The molecule has 1 aromatic heterocycles. The monoisotopic (exact) mass is 298 g/mol. The van der Waals surface area contributed by atoms with Gasteiger partial charge in [-0.3, -0.25) is 10.1 Å². The average Bonchev–Trinajstić information content (AvgIpc) is 2.81. The van der Waals surface area contributed by atoms with Gasteiger partial charge in [-0.25, -0.2) is 4.98 Å². The minimum absolute atomic E-state index is 0.0687. The molecule has 0 radical (unpaired) electrons. The predicted octanol–water partition coefficient (Wildman–Crippen LogP) is 3.68. The molecule has 2 rings (SSSR count). The van der Waals surface area contributed by atoms with Crippen LogP contribution >= 0.6 is 22.9 Å². The van der Waals surface area contributed by atoms with Gasteiger partial charge in [0, 0.05) is 17.3 Å². The summed E-state index contributed by atoms with van der Waals surface area (Å²) in [5.74, 6) is 0.498. The number of thiazole rings is 1. The van der Waals surface area contributed by atoms with Crippen LogP contribution in [0.3, 0.4) is 0 Å². The molecule has 0 bridgehead atoms. The molecule has 0 atom stereocenters. The Morgan fingerprint density at radius 3 is 2.89 bits per heavy atom. The summed E-state index contributed by atoms with van der Waals surface area (Å²) < 4.78 is 5.48. The van der Waals surface area contributed by atoms with E-state index in [1.807, 2.05) is 12.3 Å². The highest BCUT2D eigenvalue weighted by Gasteiger charge is 2.16. The fraction of sp³-hybridized carbons (Fsp3) is 0.250. The molecule has 1 heterocycles. The van der Waals surface area contributed by atoms with Crippen LogP contribution < -0.4 is 4.74 Å². The van der Waals surface area contributed by atoms with Gasteiger partial charge in [0.05, 0.1) is 15.6 Å². The summed E-state index contributed by atoms with van der Waals surface area (Å²) in [4.78, 5) is 14.7. The molecule has 0 N–H and O–H groups in total. The van der Waals surface area contributed by atoms with Crippen LogP contribution in [0, 0.1) is 17.0 Å². The van der Waals surface area contributed by atoms with Crippen molar-refractivity contribution < 1.29 is 9.66 Å². The van der Waals surface area contributed by atoms with E-state index in [0.717, 1.165) is 16.3 Å². The van der Waals surface area contributed by atoms with E-state index in [2.05, 4.69) is 4.98 Å². The van der Waals surface area contributed by atoms with Crippen molar-refractivity contribution in [3.05, 3.63) is 50.0 Å². The molecule has 7 heteroatoms. The van der Waals surface area contributed by atoms with Gasteiger partial charge >= 0.3 is 5.69 Å². The Bertz CT molecular complexity index is 600. The zero-order chi connectivity index (χ0) is 13.8. The van der Waals surface area contributed by atoms with Gasteiger partial charge in [0.15, 0.2) is 5.75 Å². The number of hydrogen-bond donors (Lipinski definition) is 0. The van der Waals surface area contributed by atoms with Crippen LogP contribution in [-0.2, 0) is 12.5 Å². The fourth-order valence-electron chi connectivity index (χ4n) is 1.53. The van der Waals surface area contributed by atoms with Gasteiger partial charge in [-0.05, 0) is 18.6 Å². The first kappa shape index (κ1) is 13.8. The number of benzene rings is 1. The molecule has 0 aliphatic carbocycles. The highest BCUT2D eigenvalue weighted by atomic mass is 35.5. The molecule has 100 valence electrons. The molecule has 0 fully saturated rings. The molecule has 0 unspecified atom stereocenters. The van der Waals surface area contributed by atoms with Crippen LogP contribution in [0.2, 0.25) is 0 Å². The van der Waals surface area contributed by atoms with Crippen LogP contribution in [0.4, 0.5) is 5.69 Å². The molecule has 0 aliphatic rings. The quantitative estimate of drug-likeness (QED) is 0.480. The molecular formula is C12H11ClN2O3S. The van der Waals surface area contributed by atoms with Crippen LogP contribution in [0.25, 0.3) is 0 Å². The highest BCUT2D eigenvalue weighted by molar-refractivity contribution is 7.09. The van der Waals surface area contributed by atoms with E-state index < -0.39 is 4.92 Å². The lowest BCUT2D eigenvalue weighted by Crippen LogP contribution is -2.00. The number of nitrogens with zero attached hydrogens (tertiary/aromatic N) is 2. The van der Waals surface area contributed by atoms with Crippen molar-refractivity contribution in [2.45, 2.75) is 19.4 Å². The highest BCUT2D eigenvalue weighted by Crippen LogP contribution is 2.29. The smallest absolute Gasteiger partial charge is 0.310 e. The molecule has 0 spiro atoms. The third-order valence-electron chi connectivity index (χ3n) is 2.42. The lowest BCUT2D eigenvalue weighted by molar-refractivity contribution is -0.386. The van der Waals surface area contributed by atoms with Gasteiger partial charge in [0.2, 0.25) is 0 Å². The predicted molar refractivity (Wildman–Crippen MR) is 73.8 cm³/mol. The lowest BCUT2D eigenvalue weighted by atomic mass is 10.2. The summed E-state index contributed by atoms with van der Waals surface area (Å²) in [6.07, 6.45) is 0. The Hall–Kier alpha value is -1.66. The van der Waals surface area contributed by atoms with Gasteiger partial charge in [-0.2, -0.15) is 0 Å². The molecule has 1 aromatic carbocycles. The summed E-state index contributed by atoms with van der Waals surface area (Å²) >= 11 is 7.23. The van der Waals surface area contributed by atoms with Crippen molar-refractivity contribution in [3.8, 4) is 5.75 Å².